The van der Waals surface area contributed by atoms with Gasteiger partial charge in [-0.25, -0.2) is 0 Å². The van der Waals surface area contributed by atoms with Crippen molar-refractivity contribution in [2.24, 2.45) is 0 Å². The SMILES string of the molecule is COc1ccc(O)c2cc(CBr)sc12. The van der Waals surface area contributed by atoms with Crippen LogP contribution in [0.4, 0.5) is 0 Å². The Labute approximate surface area is 94.3 Å². The van der Waals surface area contributed by atoms with Gasteiger partial charge in [-0.3, -0.25) is 0 Å². The monoisotopic (exact) mass is 272 g/mol. The number of methoxy groups -OCH3 is 1. The number of aromatic hydroxyl groups is 1. The highest BCUT2D eigenvalue weighted by atomic mass is 79.9. The fourth-order valence-corrected chi connectivity index (χ4v) is 2.89. The fraction of sp³-hybridized carbons (Fsp3) is 0.200. The van der Waals surface area contributed by atoms with E-state index < -0.39 is 0 Å². The van der Waals surface area contributed by atoms with Gasteiger partial charge in [0, 0.05) is 15.6 Å². The van der Waals surface area contributed by atoms with Gasteiger partial charge >= 0.3 is 0 Å². The predicted octanol–water partition coefficient (Wildman–Crippen LogP) is 3.51. The summed E-state index contributed by atoms with van der Waals surface area (Å²) < 4.78 is 6.23. The zero-order chi connectivity index (χ0) is 10.1. The van der Waals surface area contributed by atoms with E-state index in [9.17, 15) is 5.11 Å². The summed E-state index contributed by atoms with van der Waals surface area (Å²) in [6.07, 6.45) is 0. The first-order valence-corrected chi connectivity index (χ1v) is 6.04. The van der Waals surface area contributed by atoms with Gasteiger partial charge in [0.2, 0.25) is 0 Å². The molecular weight excluding hydrogens is 264 g/mol. The lowest BCUT2D eigenvalue weighted by Gasteiger charge is -2.01. The molecule has 0 amide bonds. The van der Waals surface area contributed by atoms with Crippen molar-refractivity contribution in [2.45, 2.75) is 5.33 Å². The second-order valence-corrected chi connectivity index (χ2v) is 4.57. The summed E-state index contributed by atoms with van der Waals surface area (Å²) in [5, 5.41) is 11.3. The van der Waals surface area contributed by atoms with E-state index in [1.54, 1.807) is 30.6 Å². The second-order valence-electron chi connectivity index (χ2n) is 2.88. The van der Waals surface area contributed by atoms with Gasteiger partial charge in [-0.1, -0.05) is 15.9 Å². The molecule has 2 aromatic rings. The van der Waals surface area contributed by atoms with Crippen LogP contribution >= 0.6 is 27.3 Å². The van der Waals surface area contributed by atoms with Crippen molar-refractivity contribution in [3.8, 4) is 11.5 Å². The van der Waals surface area contributed by atoms with Crippen molar-refractivity contribution in [1.29, 1.82) is 0 Å². The molecule has 0 fully saturated rings. The van der Waals surface area contributed by atoms with Gasteiger partial charge < -0.3 is 9.84 Å². The van der Waals surface area contributed by atoms with Crippen LogP contribution in [-0.4, -0.2) is 12.2 Å². The van der Waals surface area contributed by atoms with Crippen molar-refractivity contribution in [3.63, 3.8) is 0 Å². The molecular formula is C10H9BrO2S. The number of alkyl halides is 1. The zero-order valence-corrected chi connectivity index (χ0v) is 9.98. The van der Waals surface area contributed by atoms with Crippen molar-refractivity contribution in [2.75, 3.05) is 7.11 Å². The van der Waals surface area contributed by atoms with Crippen LogP contribution in [0.5, 0.6) is 11.5 Å². The molecule has 0 saturated heterocycles. The smallest absolute Gasteiger partial charge is 0.136 e. The van der Waals surface area contributed by atoms with Gasteiger partial charge in [-0.15, -0.1) is 11.3 Å². The lowest BCUT2D eigenvalue weighted by Crippen LogP contribution is -1.81. The summed E-state index contributed by atoms with van der Waals surface area (Å²) in [6, 6.07) is 5.42. The second kappa shape index (κ2) is 3.79. The van der Waals surface area contributed by atoms with E-state index in [4.69, 9.17) is 4.74 Å². The molecule has 0 aliphatic rings. The summed E-state index contributed by atoms with van der Waals surface area (Å²) in [6.45, 7) is 0. The maximum Gasteiger partial charge on any atom is 0.136 e. The van der Waals surface area contributed by atoms with E-state index in [0.717, 1.165) is 21.2 Å². The van der Waals surface area contributed by atoms with Gasteiger partial charge in [-0.2, -0.15) is 0 Å². The first kappa shape index (κ1) is 9.80. The average Bonchev–Trinajstić information content (AvgIpc) is 2.63. The molecule has 0 saturated carbocycles. The average molecular weight is 273 g/mol. The molecule has 1 aromatic heterocycles. The van der Waals surface area contributed by atoms with Gasteiger partial charge in [0.05, 0.1) is 11.8 Å². The van der Waals surface area contributed by atoms with Crippen LogP contribution in [0.2, 0.25) is 0 Å². The first-order chi connectivity index (χ1) is 6.76. The molecule has 0 bridgehead atoms. The number of halogens is 1. The van der Waals surface area contributed by atoms with Gasteiger partial charge in [0.15, 0.2) is 0 Å². The van der Waals surface area contributed by atoms with Crippen LogP contribution in [0.1, 0.15) is 4.88 Å². The quantitative estimate of drug-likeness (QED) is 0.848. The Morgan fingerprint density at radius 1 is 1.50 bits per heavy atom. The largest absolute Gasteiger partial charge is 0.507 e. The highest BCUT2D eigenvalue weighted by Gasteiger charge is 2.09. The number of rotatable bonds is 2. The molecule has 0 spiro atoms. The zero-order valence-electron chi connectivity index (χ0n) is 7.58. The number of phenolic OH excluding ortho intramolecular Hbond substituents is 1. The molecule has 4 heteroatoms. The molecule has 0 atom stereocenters. The number of benzene rings is 1. The first-order valence-electron chi connectivity index (χ1n) is 4.10. The van der Waals surface area contributed by atoms with E-state index in [-0.39, 0.29) is 0 Å². The Bertz CT molecular complexity index is 464. The molecule has 14 heavy (non-hydrogen) atoms. The van der Waals surface area contributed by atoms with Gasteiger partial charge in [-0.05, 0) is 18.2 Å². The molecule has 1 aromatic carbocycles. The number of hydrogen-bond acceptors (Lipinski definition) is 3. The minimum Gasteiger partial charge on any atom is -0.507 e. The molecule has 1 heterocycles. The lowest BCUT2D eigenvalue weighted by molar-refractivity contribution is 0.419. The van der Waals surface area contributed by atoms with E-state index in [2.05, 4.69) is 15.9 Å². The topological polar surface area (TPSA) is 29.5 Å². The molecule has 1 N–H and O–H groups in total. The minimum atomic E-state index is 0.309. The third-order valence-electron chi connectivity index (χ3n) is 2.03. The van der Waals surface area contributed by atoms with E-state index >= 15 is 0 Å². The molecule has 0 aliphatic heterocycles. The van der Waals surface area contributed by atoms with Crippen molar-refractivity contribution < 1.29 is 9.84 Å². The van der Waals surface area contributed by atoms with E-state index in [1.807, 2.05) is 6.07 Å². The normalized spacial score (nSPS) is 10.7. The van der Waals surface area contributed by atoms with Crippen LogP contribution in [0, 0.1) is 0 Å². The maximum atomic E-state index is 9.64. The van der Waals surface area contributed by atoms with Crippen molar-refractivity contribution >= 4 is 37.4 Å². The minimum absolute atomic E-state index is 0.309. The Kier molecular flexibility index (Phi) is 2.65. The maximum absolute atomic E-state index is 9.64. The standard InChI is InChI=1S/C10H9BrO2S/c1-13-9-3-2-8(12)7-4-6(5-11)14-10(7)9/h2-4,12H,5H2,1H3. The van der Waals surface area contributed by atoms with Crippen LogP contribution in [0.3, 0.4) is 0 Å². The highest BCUT2D eigenvalue weighted by molar-refractivity contribution is 9.08. The summed E-state index contributed by atoms with van der Waals surface area (Å²) in [7, 11) is 1.64. The molecule has 74 valence electrons. The van der Waals surface area contributed by atoms with E-state index in [1.165, 1.54) is 4.88 Å². The predicted molar refractivity (Wildman–Crippen MR) is 62.7 cm³/mol. The highest BCUT2D eigenvalue weighted by Crippen LogP contribution is 2.39. The molecule has 2 rings (SSSR count). The third-order valence-corrected chi connectivity index (χ3v) is 4.15. The molecule has 0 unspecified atom stereocenters. The number of fused-ring (bicyclic) bond motifs is 1. The Morgan fingerprint density at radius 3 is 2.93 bits per heavy atom. The third kappa shape index (κ3) is 1.48. The number of phenols is 1. The number of ether oxygens (including phenoxy) is 1. The van der Waals surface area contributed by atoms with Crippen LogP contribution < -0.4 is 4.74 Å². The summed E-state index contributed by atoms with van der Waals surface area (Å²) in [4.78, 5) is 1.18. The Hall–Kier alpha value is -0.740. The van der Waals surface area contributed by atoms with Crippen molar-refractivity contribution in [1.82, 2.24) is 0 Å². The Balaban J connectivity index is 2.74. The number of hydrogen-bond donors (Lipinski definition) is 1. The Morgan fingerprint density at radius 2 is 2.29 bits per heavy atom. The molecule has 2 nitrogen and oxygen atoms in total. The fourth-order valence-electron chi connectivity index (χ4n) is 1.36. The summed E-state index contributed by atoms with van der Waals surface area (Å²) in [5.74, 6) is 1.12. The van der Waals surface area contributed by atoms with Gasteiger partial charge in [0.25, 0.3) is 0 Å². The number of thiophene rings is 1. The lowest BCUT2D eigenvalue weighted by atomic mass is 10.2. The van der Waals surface area contributed by atoms with Crippen LogP contribution in [0.25, 0.3) is 10.1 Å². The molecule has 0 radical (unpaired) electrons. The van der Waals surface area contributed by atoms with E-state index in [0.29, 0.717) is 5.75 Å². The summed E-state index contributed by atoms with van der Waals surface area (Å²) >= 11 is 5.03. The van der Waals surface area contributed by atoms with Gasteiger partial charge in [0.1, 0.15) is 11.5 Å². The van der Waals surface area contributed by atoms with Crippen LogP contribution in [0.15, 0.2) is 18.2 Å². The molecule has 0 aliphatic carbocycles. The summed E-state index contributed by atoms with van der Waals surface area (Å²) in [5.41, 5.74) is 0. The van der Waals surface area contributed by atoms with Crippen LogP contribution in [-0.2, 0) is 5.33 Å². The van der Waals surface area contributed by atoms with Crippen molar-refractivity contribution in [3.05, 3.63) is 23.1 Å².